The van der Waals surface area contributed by atoms with Crippen molar-refractivity contribution in [2.45, 2.75) is 13.5 Å². The molecule has 0 bridgehead atoms. The summed E-state index contributed by atoms with van der Waals surface area (Å²) in [7, 11) is 0. The molecule has 0 saturated heterocycles. The van der Waals surface area contributed by atoms with E-state index in [0.29, 0.717) is 28.6 Å². The van der Waals surface area contributed by atoms with E-state index in [4.69, 9.17) is 17.3 Å². The molecule has 0 saturated carbocycles. The van der Waals surface area contributed by atoms with Gasteiger partial charge in [-0.3, -0.25) is 9.48 Å². The first kappa shape index (κ1) is 13.9. The molecule has 0 unspecified atom stereocenters. The zero-order valence-electron chi connectivity index (χ0n) is 10.2. The van der Waals surface area contributed by atoms with E-state index in [-0.39, 0.29) is 5.91 Å². The van der Waals surface area contributed by atoms with Crippen LogP contribution in [-0.4, -0.2) is 15.7 Å². The maximum Gasteiger partial charge on any atom is 0.276 e. The van der Waals surface area contributed by atoms with E-state index >= 15 is 0 Å². The Morgan fingerprint density at radius 3 is 3.00 bits per heavy atom. The third kappa shape index (κ3) is 2.90. The minimum Gasteiger partial charge on any atom is -0.396 e. The molecule has 100 valence electrons. The third-order valence-corrected chi connectivity index (χ3v) is 3.38. The molecule has 1 heterocycles. The van der Waals surface area contributed by atoms with Crippen LogP contribution in [0.15, 0.2) is 28.9 Å². The molecule has 3 N–H and O–H groups in total. The molecule has 0 aliphatic rings. The first-order chi connectivity index (χ1) is 9.02. The summed E-state index contributed by atoms with van der Waals surface area (Å²) in [5.41, 5.74) is 6.94. The molecule has 0 aliphatic heterocycles. The van der Waals surface area contributed by atoms with Gasteiger partial charge in [0.05, 0.1) is 22.6 Å². The molecule has 19 heavy (non-hydrogen) atoms. The van der Waals surface area contributed by atoms with Crippen LogP contribution < -0.4 is 11.1 Å². The van der Waals surface area contributed by atoms with Gasteiger partial charge < -0.3 is 11.1 Å². The summed E-state index contributed by atoms with van der Waals surface area (Å²) in [5.74, 6) is -0.336. The van der Waals surface area contributed by atoms with E-state index in [0.717, 1.165) is 4.47 Å². The highest BCUT2D eigenvalue weighted by molar-refractivity contribution is 9.10. The molecular weight excluding hydrogens is 332 g/mol. The molecule has 0 radical (unpaired) electrons. The van der Waals surface area contributed by atoms with Crippen molar-refractivity contribution in [2.75, 3.05) is 11.1 Å². The van der Waals surface area contributed by atoms with Gasteiger partial charge in [-0.25, -0.2) is 0 Å². The molecule has 0 atom stereocenters. The quantitative estimate of drug-likeness (QED) is 0.899. The first-order valence-corrected chi connectivity index (χ1v) is 6.77. The number of nitrogens with two attached hydrogens (primary N) is 1. The molecule has 1 amide bonds. The monoisotopic (exact) mass is 342 g/mol. The molecule has 0 spiro atoms. The van der Waals surface area contributed by atoms with Gasteiger partial charge in [-0.2, -0.15) is 5.10 Å². The topological polar surface area (TPSA) is 72.9 Å². The third-order valence-electron chi connectivity index (χ3n) is 2.56. The van der Waals surface area contributed by atoms with Gasteiger partial charge in [0.2, 0.25) is 0 Å². The van der Waals surface area contributed by atoms with Crippen LogP contribution >= 0.6 is 27.5 Å². The van der Waals surface area contributed by atoms with Gasteiger partial charge in [-0.05, 0) is 25.1 Å². The van der Waals surface area contributed by atoms with Gasteiger partial charge in [0.15, 0.2) is 0 Å². The number of rotatable bonds is 3. The number of aromatic nitrogens is 2. The van der Waals surface area contributed by atoms with Gasteiger partial charge in [-0.15, -0.1) is 0 Å². The summed E-state index contributed by atoms with van der Waals surface area (Å²) >= 11 is 9.35. The summed E-state index contributed by atoms with van der Waals surface area (Å²) in [5, 5.41) is 7.21. The summed E-state index contributed by atoms with van der Waals surface area (Å²) in [6, 6.07) is 5.22. The van der Waals surface area contributed by atoms with Crippen LogP contribution in [0.3, 0.4) is 0 Å². The second kappa shape index (κ2) is 5.63. The number of nitrogens with zero attached hydrogens (tertiary/aromatic N) is 2. The number of aryl methyl sites for hydroxylation is 1. The van der Waals surface area contributed by atoms with Crippen molar-refractivity contribution >= 4 is 44.8 Å². The van der Waals surface area contributed by atoms with Crippen LogP contribution in [-0.2, 0) is 6.54 Å². The zero-order chi connectivity index (χ0) is 14.0. The van der Waals surface area contributed by atoms with Gasteiger partial charge >= 0.3 is 0 Å². The van der Waals surface area contributed by atoms with E-state index in [1.807, 2.05) is 6.92 Å². The fraction of sp³-hybridized carbons (Fsp3) is 0.167. The summed E-state index contributed by atoms with van der Waals surface area (Å²) in [4.78, 5) is 12.2. The largest absolute Gasteiger partial charge is 0.396 e. The minimum absolute atomic E-state index is 0.332. The van der Waals surface area contributed by atoms with Crippen molar-refractivity contribution in [3.8, 4) is 0 Å². The molecule has 1 aromatic carbocycles. The molecule has 2 aromatic rings. The maximum absolute atomic E-state index is 12.2. The Labute approximate surface area is 123 Å². The minimum atomic E-state index is -0.336. The van der Waals surface area contributed by atoms with Gasteiger partial charge in [0.1, 0.15) is 5.69 Å². The number of benzene rings is 1. The zero-order valence-corrected chi connectivity index (χ0v) is 12.5. The fourth-order valence-corrected chi connectivity index (χ4v) is 2.19. The van der Waals surface area contributed by atoms with E-state index in [9.17, 15) is 4.79 Å². The second-order valence-corrected chi connectivity index (χ2v) is 5.17. The summed E-state index contributed by atoms with van der Waals surface area (Å²) in [6.07, 6.45) is 1.46. The molecule has 2 rings (SSSR count). The number of nitrogens with one attached hydrogen (secondary N) is 1. The Bertz CT molecular complexity index is 626. The van der Waals surface area contributed by atoms with Crippen LogP contribution in [0.2, 0.25) is 5.02 Å². The van der Waals surface area contributed by atoms with Crippen molar-refractivity contribution in [3.05, 3.63) is 39.6 Å². The normalized spacial score (nSPS) is 10.5. The van der Waals surface area contributed by atoms with E-state index in [1.165, 1.54) is 10.9 Å². The molecule has 1 aromatic heterocycles. The first-order valence-electron chi connectivity index (χ1n) is 5.60. The van der Waals surface area contributed by atoms with Crippen molar-refractivity contribution in [1.29, 1.82) is 0 Å². The van der Waals surface area contributed by atoms with Crippen LogP contribution in [0.4, 0.5) is 11.4 Å². The van der Waals surface area contributed by atoms with Crippen LogP contribution in [0, 0.1) is 0 Å². The lowest BCUT2D eigenvalue weighted by atomic mass is 10.3. The number of halogens is 2. The standard InChI is InChI=1S/C12H12BrClN4O/c1-2-18-11(9(15)6-16-18)12(19)17-10-5-7(13)3-4-8(10)14/h3-6H,2,15H2,1H3,(H,17,19). The lowest BCUT2D eigenvalue weighted by molar-refractivity contribution is 0.101. The van der Waals surface area contributed by atoms with Gasteiger partial charge in [0, 0.05) is 11.0 Å². The predicted octanol–water partition coefficient (Wildman–Crippen LogP) is 3.15. The Balaban J connectivity index is 2.30. The van der Waals surface area contributed by atoms with Crippen LogP contribution in [0.5, 0.6) is 0 Å². The molecule has 7 heteroatoms. The SMILES string of the molecule is CCn1ncc(N)c1C(=O)Nc1cc(Br)ccc1Cl. The lowest BCUT2D eigenvalue weighted by Crippen LogP contribution is -2.19. The molecule has 5 nitrogen and oxygen atoms in total. The second-order valence-electron chi connectivity index (χ2n) is 3.84. The average Bonchev–Trinajstić information content (AvgIpc) is 2.75. The van der Waals surface area contributed by atoms with Crippen molar-refractivity contribution in [3.63, 3.8) is 0 Å². The highest BCUT2D eigenvalue weighted by atomic mass is 79.9. The average molecular weight is 344 g/mol. The number of amides is 1. The van der Waals surface area contributed by atoms with Crippen molar-refractivity contribution in [2.24, 2.45) is 0 Å². The lowest BCUT2D eigenvalue weighted by Gasteiger charge is -2.09. The Morgan fingerprint density at radius 1 is 1.58 bits per heavy atom. The number of anilines is 2. The summed E-state index contributed by atoms with van der Waals surface area (Å²) in [6.45, 7) is 2.45. The van der Waals surface area contributed by atoms with Gasteiger partial charge in [0.25, 0.3) is 5.91 Å². The highest BCUT2D eigenvalue weighted by Crippen LogP contribution is 2.26. The smallest absolute Gasteiger partial charge is 0.276 e. The summed E-state index contributed by atoms with van der Waals surface area (Å²) < 4.78 is 2.36. The number of carbonyl (C=O) groups is 1. The van der Waals surface area contributed by atoms with Crippen molar-refractivity contribution in [1.82, 2.24) is 9.78 Å². The number of nitrogen functional groups attached to an aromatic ring is 1. The number of hydrogen-bond donors (Lipinski definition) is 2. The molecule has 0 aliphatic carbocycles. The Morgan fingerprint density at radius 2 is 2.32 bits per heavy atom. The number of hydrogen-bond acceptors (Lipinski definition) is 3. The van der Waals surface area contributed by atoms with Crippen LogP contribution in [0.1, 0.15) is 17.4 Å². The molecule has 0 fully saturated rings. The number of carbonyl (C=O) groups excluding carboxylic acids is 1. The van der Waals surface area contributed by atoms with E-state index in [2.05, 4.69) is 26.3 Å². The van der Waals surface area contributed by atoms with Crippen LogP contribution in [0.25, 0.3) is 0 Å². The fourth-order valence-electron chi connectivity index (χ4n) is 1.66. The molecular formula is C12H12BrClN4O. The Hall–Kier alpha value is -1.53. The van der Waals surface area contributed by atoms with E-state index < -0.39 is 0 Å². The predicted molar refractivity (Wildman–Crippen MR) is 79.4 cm³/mol. The maximum atomic E-state index is 12.2. The highest BCUT2D eigenvalue weighted by Gasteiger charge is 2.17. The van der Waals surface area contributed by atoms with E-state index in [1.54, 1.807) is 18.2 Å². The van der Waals surface area contributed by atoms with Gasteiger partial charge in [-0.1, -0.05) is 27.5 Å². The Kier molecular flexibility index (Phi) is 4.11. The van der Waals surface area contributed by atoms with Crippen molar-refractivity contribution < 1.29 is 4.79 Å².